The Kier molecular flexibility index (Phi) is 4.80. The maximum absolute atomic E-state index is 5.81. The molecule has 19 heavy (non-hydrogen) atoms. The summed E-state index contributed by atoms with van der Waals surface area (Å²) >= 11 is 3.51. The third-order valence-corrected chi connectivity index (χ3v) is 3.28. The van der Waals surface area contributed by atoms with E-state index in [1.54, 1.807) is 6.20 Å². The molecular formula is C15H17BrN2O. The molecule has 0 spiro atoms. The Morgan fingerprint density at radius 3 is 2.84 bits per heavy atom. The van der Waals surface area contributed by atoms with Crippen molar-refractivity contribution in [2.75, 3.05) is 11.9 Å². The Morgan fingerprint density at radius 1 is 1.26 bits per heavy atom. The number of nitrogens with zero attached hydrogens (tertiary/aromatic N) is 1. The summed E-state index contributed by atoms with van der Waals surface area (Å²) in [5.74, 6) is 1.74. The average Bonchev–Trinajstić information content (AvgIpc) is 2.38. The lowest BCUT2D eigenvalue weighted by Crippen LogP contribution is -2.01. The van der Waals surface area contributed by atoms with Crippen LogP contribution in [0.15, 0.2) is 41.0 Å². The SMILES string of the molecule is CCNc1cc(COc2ccc(C)cc2Br)ccn1. The van der Waals surface area contributed by atoms with Gasteiger partial charge in [-0.05, 0) is 65.2 Å². The first kappa shape index (κ1) is 13.9. The maximum atomic E-state index is 5.81. The fourth-order valence-corrected chi connectivity index (χ4v) is 2.33. The van der Waals surface area contributed by atoms with Crippen LogP contribution in [0.2, 0.25) is 0 Å². The van der Waals surface area contributed by atoms with E-state index >= 15 is 0 Å². The zero-order valence-electron chi connectivity index (χ0n) is 11.1. The van der Waals surface area contributed by atoms with Crippen LogP contribution in [-0.4, -0.2) is 11.5 Å². The van der Waals surface area contributed by atoms with Crippen molar-refractivity contribution >= 4 is 21.7 Å². The fraction of sp³-hybridized carbons (Fsp3) is 0.267. The van der Waals surface area contributed by atoms with Gasteiger partial charge < -0.3 is 10.1 Å². The highest BCUT2D eigenvalue weighted by molar-refractivity contribution is 9.10. The zero-order chi connectivity index (χ0) is 13.7. The molecule has 1 aromatic heterocycles. The van der Waals surface area contributed by atoms with E-state index in [2.05, 4.69) is 33.2 Å². The van der Waals surface area contributed by atoms with Gasteiger partial charge in [0.05, 0.1) is 4.47 Å². The quantitative estimate of drug-likeness (QED) is 0.898. The first-order valence-electron chi connectivity index (χ1n) is 6.27. The lowest BCUT2D eigenvalue weighted by atomic mass is 10.2. The summed E-state index contributed by atoms with van der Waals surface area (Å²) in [6.45, 7) is 5.50. The second kappa shape index (κ2) is 6.57. The van der Waals surface area contributed by atoms with Gasteiger partial charge in [-0.2, -0.15) is 0 Å². The molecule has 0 aliphatic carbocycles. The third kappa shape index (κ3) is 3.96. The molecule has 4 heteroatoms. The van der Waals surface area contributed by atoms with Crippen molar-refractivity contribution in [2.45, 2.75) is 20.5 Å². The molecule has 100 valence electrons. The van der Waals surface area contributed by atoms with Crippen LogP contribution < -0.4 is 10.1 Å². The Labute approximate surface area is 122 Å². The van der Waals surface area contributed by atoms with Gasteiger partial charge in [-0.1, -0.05) is 6.07 Å². The smallest absolute Gasteiger partial charge is 0.134 e. The van der Waals surface area contributed by atoms with E-state index in [1.165, 1.54) is 5.56 Å². The number of hydrogen-bond donors (Lipinski definition) is 1. The highest BCUT2D eigenvalue weighted by Crippen LogP contribution is 2.26. The Balaban J connectivity index is 2.03. The van der Waals surface area contributed by atoms with Crippen LogP contribution in [0.1, 0.15) is 18.1 Å². The number of anilines is 1. The lowest BCUT2D eigenvalue weighted by Gasteiger charge is -2.10. The second-order valence-corrected chi connectivity index (χ2v) is 5.16. The number of aromatic nitrogens is 1. The van der Waals surface area contributed by atoms with Crippen molar-refractivity contribution in [1.29, 1.82) is 0 Å². The van der Waals surface area contributed by atoms with Crippen molar-refractivity contribution in [1.82, 2.24) is 4.98 Å². The first-order chi connectivity index (χ1) is 9.19. The summed E-state index contributed by atoms with van der Waals surface area (Å²) in [6, 6.07) is 10.0. The minimum atomic E-state index is 0.530. The van der Waals surface area contributed by atoms with Crippen molar-refractivity contribution in [3.8, 4) is 5.75 Å². The average molecular weight is 321 g/mol. The first-order valence-corrected chi connectivity index (χ1v) is 7.06. The number of rotatable bonds is 5. The summed E-state index contributed by atoms with van der Waals surface area (Å²) < 4.78 is 6.79. The van der Waals surface area contributed by atoms with Gasteiger partial charge in [0.25, 0.3) is 0 Å². The number of ether oxygens (including phenoxy) is 1. The third-order valence-electron chi connectivity index (χ3n) is 2.66. The van der Waals surface area contributed by atoms with Crippen LogP contribution in [0.3, 0.4) is 0 Å². The van der Waals surface area contributed by atoms with Gasteiger partial charge in [0.2, 0.25) is 0 Å². The second-order valence-electron chi connectivity index (χ2n) is 4.30. The van der Waals surface area contributed by atoms with Crippen LogP contribution in [0.4, 0.5) is 5.82 Å². The predicted molar refractivity (Wildman–Crippen MR) is 81.6 cm³/mol. The van der Waals surface area contributed by atoms with Gasteiger partial charge in [-0.25, -0.2) is 4.98 Å². The molecule has 1 heterocycles. The molecular weight excluding hydrogens is 304 g/mol. The molecule has 0 fully saturated rings. The normalized spacial score (nSPS) is 10.3. The van der Waals surface area contributed by atoms with Crippen molar-refractivity contribution in [2.24, 2.45) is 0 Å². The summed E-state index contributed by atoms with van der Waals surface area (Å²) in [4.78, 5) is 4.24. The molecule has 0 saturated heterocycles. The fourth-order valence-electron chi connectivity index (χ4n) is 1.73. The molecule has 0 saturated carbocycles. The van der Waals surface area contributed by atoms with Crippen molar-refractivity contribution in [3.63, 3.8) is 0 Å². The topological polar surface area (TPSA) is 34.1 Å². The van der Waals surface area contributed by atoms with Gasteiger partial charge in [0.15, 0.2) is 0 Å². The molecule has 2 rings (SSSR count). The molecule has 0 aliphatic rings. The molecule has 0 bridgehead atoms. The molecule has 2 aromatic rings. The van der Waals surface area contributed by atoms with Gasteiger partial charge in [0.1, 0.15) is 18.2 Å². The van der Waals surface area contributed by atoms with Crippen LogP contribution >= 0.6 is 15.9 Å². The number of aryl methyl sites for hydroxylation is 1. The Hall–Kier alpha value is -1.55. The van der Waals surface area contributed by atoms with E-state index in [0.717, 1.165) is 28.1 Å². The van der Waals surface area contributed by atoms with Crippen molar-refractivity contribution in [3.05, 3.63) is 52.1 Å². The van der Waals surface area contributed by atoms with Crippen LogP contribution in [0, 0.1) is 6.92 Å². The summed E-state index contributed by atoms with van der Waals surface area (Å²) in [6.07, 6.45) is 1.79. The van der Waals surface area contributed by atoms with E-state index < -0.39 is 0 Å². The summed E-state index contributed by atoms with van der Waals surface area (Å²) in [7, 11) is 0. The van der Waals surface area contributed by atoms with E-state index in [9.17, 15) is 0 Å². The van der Waals surface area contributed by atoms with Gasteiger partial charge in [0, 0.05) is 12.7 Å². The number of benzene rings is 1. The highest BCUT2D eigenvalue weighted by Gasteiger charge is 2.02. The number of pyridine rings is 1. The number of nitrogens with one attached hydrogen (secondary N) is 1. The molecule has 0 amide bonds. The van der Waals surface area contributed by atoms with Crippen LogP contribution in [0.25, 0.3) is 0 Å². The number of hydrogen-bond acceptors (Lipinski definition) is 3. The summed E-state index contributed by atoms with van der Waals surface area (Å²) in [5.41, 5.74) is 2.30. The molecule has 0 radical (unpaired) electrons. The molecule has 0 atom stereocenters. The molecule has 3 nitrogen and oxygen atoms in total. The molecule has 0 unspecified atom stereocenters. The van der Waals surface area contributed by atoms with E-state index in [-0.39, 0.29) is 0 Å². The Bertz CT molecular complexity index is 558. The predicted octanol–water partition coefficient (Wildman–Crippen LogP) is 4.16. The molecule has 1 aromatic carbocycles. The van der Waals surface area contributed by atoms with Gasteiger partial charge >= 0.3 is 0 Å². The standard InChI is InChI=1S/C15H17BrN2O/c1-3-17-15-9-12(6-7-18-15)10-19-14-5-4-11(2)8-13(14)16/h4-9H,3,10H2,1-2H3,(H,17,18). The van der Waals surface area contributed by atoms with E-state index in [4.69, 9.17) is 4.74 Å². The van der Waals surface area contributed by atoms with Crippen LogP contribution in [0.5, 0.6) is 5.75 Å². The monoisotopic (exact) mass is 320 g/mol. The minimum absolute atomic E-state index is 0.530. The van der Waals surface area contributed by atoms with E-state index in [1.807, 2.05) is 37.3 Å². The largest absolute Gasteiger partial charge is 0.488 e. The molecule has 1 N–H and O–H groups in total. The van der Waals surface area contributed by atoms with Crippen LogP contribution in [-0.2, 0) is 6.61 Å². The zero-order valence-corrected chi connectivity index (χ0v) is 12.7. The molecule has 0 aliphatic heterocycles. The lowest BCUT2D eigenvalue weighted by molar-refractivity contribution is 0.304. The summed E-state index contributed by atoms with van der Waals surface area (Å²) in [5, 5.41) is 3.19. The maximum Gasteiger partial charge on any atom is 0.134 e. The number of halogens is 1. The Morgan fingerprint density at radius 2 is 2.11 bits per heavy atom. The van der Waals surface area contributed by atoms with Gasteiger partial charge in [-0.15, -0.1) is 0 Å². The highest BCUT2D eigenvalue weighted by atomic mass is 79.9. The van der Waals surface area contributed by atoms with Crippen molar-refractivity contribution < 1.29 is 4.74 Å². The minimum Gasteiger partial charge on any atom is -0.488 e. The van der Waals surface area contributed by atoms with Gasteiger partial charge in [-0.3, -0.25) is 0 Å². The van der Waals surface area contributed by atoms with E-state index in [0.29, 0.717) is 6.61 Å².